The van der Waals surface area contributed by atoms with Gasteiger partial charge in [0.1, 0.15) is 0 Å². The highest BCUT2D eigenvalue weighted by Crippen LogP contribution is 2.19. The van der Waals surface area contributed by atoms with Crippen molar-refractivity contribution < 1.29 is 19.1 Å². The molecule has 3 rings (SSSR count). The SMILES string of the molecule is CCOC(=O)N1CCN(C(=O)CSc2nc3ccccc3c(=O)n2CCCOC)CC1. The number of piperazine rings is 1. The number of rotatable bonds is 8. The number of hydrogen-bond acceptors (Lipinski definition) is 7. The molecule has 1 fully saturated rings. The second kappa shape index (κ2) is 11.1. The fourth-order valence-electron chi connectivity index (χ4n) is 3.39. The summed E-state index contributed by atoms with van der Waals surface area (Å²) >= 11 is 1.27. The van der Waals surface area contributed by atoms with E-state index in [0.717, 1.165) is 0 Å². The number of fused-ring (bicyclic) bond motifs is 1. The zero-order valence-electron chi connectivity index (χ0n) is 17.9. The van der Waals surface area contributed by atoms with Gasteiger partial charge in [0.2, 0.25) is 5.91 Å². The van der Waals surface area contributed by atoms with Crippen molar-refractivity contribution >= 4 is 34.7 Å². The van der Waals surface area contributed by atoms with Crippen LogP contribution in [0.5, 0.6) is 0 Å². The number of para-hydroxylation sites is 1. The molecule has 31 heavy (non-hydrogen) atoms. The van der Waals surface area contributed by atoms with Crippen molar-refractivity contribution in [3.8, 4) is 0 Å². The Bertz CT molecular complexity index is 972. The Kier molecular flexibility index (Phi) is 8.30. The van der Waals surface area contributed by atoms with Crippen molar-refractivity contribution in [1.29, 1.82) is 0 Å². The molecule has 1 saturated heterocycles. The van der Waals surface area contributed by atoms with Crippen LogP contribution in [0.1, 0.15) is 13.3 Å². The molecule has 2 aromatic rings. The topological polar surface area (TPSA) is 94.0 Å². The molecule has 1 aromatic carbocycles. The maximum absolute atomic E-state index is 13.0. The normalized spacial score (nSPS) is 14.1. The molecule has 2 heterocycles. The van der Waals surface area contributed by atoms with Crippen molar-refractivity contribution in [2.45, 2.75) is 25.0 Å². The van der Waals surface area contributed by atoms with Gasteiger partial charge < -0.3 is 19.3 Å². The number of benzene rings is 1. The van der Waals surface area contributed by atoms with Gasteiger partial charge in [-0.1, -0.05) is 23.9 Å². The van der Waals surface area contributed by atoms with E-state index in [2.05, 4.69) is 4.98 Å². The van der Waals surface area contributed by atoms with E-state index >= 15 is 0 Å². The van der Waals surface area contributed by atoms with Crippen LogP contribution >= 0.6 is 11.8 Å². The van der Waals surface area contributed by atoms with E-state index in [1.54, 1.807) is 40.5 Å². The van der Waals surface area contributed by atoms with Crippen LogP contribution in [0.25, 0.3) is 10.9 Å². The highest BCUT2D eigenvalue weighted by atomic mass is 32.2. The lowest BCUT2D eigenvalue weighted by Gasteiger charge is -2.34. The average Bonchev–Trinajstić information content (AvgIpc) is 2.79. The maximum Gasteiger partial charge on any atom is 0.409 e. The summed E-state index contributed by atoms with van der Waals surface area (Å²) in [4.78, 5) is 45.5. The van der Waals surface area contributed by atoms with Crippen molar-refractivity contribution in [1.82, 2.24) is 19.4 Å². The molecule has 10 heteroatoms. The molecular formula is C21H28N4O5S. The second-order valence-electron chi connectivity index (χ2n) is 7.07. The second-order valence-corrected chi connectivity index (χ2v) is 8.01. The summed E-state index contributed by atoms with van der Waals surface area (Å²) in [6.45, 7) is 4.93. The van der Waals surface area contributed by atoms with Crippen LogP contribution in [-0.2, 0) is 20.8 Å². The Morgan fingerprint density at radius 1 is 1.13 bits per heavy atom. The van der Waals surface area contributed by atoms with Crippen LogP contribution in [0.15, 0.2) is 34.2 Å². The number of aromatic nitrogens is 2. The fourth-order valence-corrected chi connectivity index (χ4v) is 4.32. The van der Waals surface area contributed by atoms with Gasteiger partial charge in [0.15, 0.2) is 5.16 Å². The summed E-state index contributed by atoms with van der Waals surface area (Å²) in [6.07, 6.45) is 0.331. The Labute approximate surface area is 185 Å². The summed E-state index contributed by atoms with van der Waals surface area (Å²) in [7, 11) is 1.62. The first-order valence-electron chi connectivity index (χ1n) is 10.4. The molecule has 0 atom stereocenters. The van der Waals surface area contributed by atoms with Gasteiger partial charge in [-0.05, 0) is 25.5 Å². The van der Waals surface area contributed by atoms with Crippen molar-refractivity contribution in [2.24, 2.45) is 0 Å². The largest absolute Gasteiger partial charge is 0.450 e. The molecule has 2 amide bonds. The minimum Gasteiger partial charge on any atom is -0.450 e. The predicted octanol–water partition coefficient (Wildman–Crippen LogP) is 1.83. The monoisotopic (exact) mass is 448 g/mol. The molecule has 0 unspecified atom stereocenters. The highest BCUT2D eigenvalue weighted by molar-refractivity contribution is 7.99. The Balaban J connectivity index is 1.67. The number of hydrogen-bond donors (Lipinski definition) is 0. The van der Waals surface area contributed by atoms with Crippen LogP contribution < -0.4 is 5.56 Å². The summed E-state index contributed by atoms with van der Waals surface area (Å²) in [5.41, 5.74) is 0.508. The standard InChI is InChI=1S/C21H28N4O5S/c1-3-30-21(28)24-12-10-23(11-13-24)18(26)15-31-20-22-17-8-5-4-7-16(17)19(27)25(20)9-6-14-29-2/h4-5,7-8H,3,6,9-15H2,1-2H3. The third-order valence-corrected chi connectivity index (χ3v) is 6.00. The minimum absolute atomic E-state index is 0.0423. The molecule has 1 aromatic heterocycles. The van der Waals surface area contributed by atoms with Gasteiger partial charge in [-0.3, -0.25) is 14.2 Å². The molecule has 0 N–H and O–H groups in total. The van der Waals surface area contributed by atoms with E-state index in [1.165, 1.54) is 11.8 Å². The average molecular weight is 449 g/mol. The van der Waals surface area contributed by atoms with Gasteiger partial charge in [-0.2, -0.15) is 0 Å². The number of carbonyl (C=O) groups excluding carboxylic acids is 2. The van der Waals surface area contributed by atoms with E-state index in [9.17, 15) is 14.4 Å². The molecule has 9 nitrogen and oxygen atoms in total. The zero-order chi connectivity index (χ0) is 22.2. The maximum atomic E-state index is 13.0. The molecule has 0 aliphatic carbocycles. The van der Waals surface area contributed by atoms with Crippen LogP contribution in [0.3, 0.4) is 0 Å². The lowest BCUT2D eigenvalue weighted by molar-refractivity contribution is -0.129. The van der Waals surface area contributed by atoms with Crippen molar-refractivity contribution in [2.75, 3.05) is 52.3 Å². The first kappa shape index (κ1) is 23.1. The minimum atomic E-state index is -0.343. The van der Waals surface area contributed by atoms with Crippen molar-refractivity contribution in [3.05, 3.63) is 34.6 Å². The fraction of sp³-hybridized carbons (Fsp3) is 0.524. The molecule has 1 aliphatic rings. The highest BCUT2D eigenvalue weighted by Gasteiger charge is 2.25. The van der Waals surface area contributed by atoms with E-state index in [0.29, 0.717) is 68.4 Å². The number of nitrogens with zero attached hydrogens (tertiary/aromatic N) is 4. The number of ether oxygens (including phenoxy) is 2. The molecular weight excluding hydrogens is 420 g/mol. The summed E-state index contributed by atoms with van der Waals surface area (Å²) in [5.74, 6) is 0.133. The predicted molar refractivity (Wildman–Crippen MR) is 118 cm³/mol. The number of thioether (sulfide) groups is 1. The van der Waals surface area contributed by atoms with E-state index < -0.39 is 0 Å². The first-order valence-corrected chi connectivity index (χ1v) is 11.3. The quantitative estimate of drug-likeness (QED) is 0.345. The van der Waals surface area contributed by atoms with Crippen molar-refractivity contribution in [3.63, 3.8) is 0 Å². The Hall–Kier alpha value is -2.59. The van der Waals surface area contributed by atoms with Gasteiger partial charge in [0.25, 0.3) is 5.56 Å². The molecule has 0 bridgehead atoms. The van der Waals surface area contributed by atoms with Gasteiger partial charge >= 0.3 is 6.09 Å². The van der Waals surface area contributed by atoms with Gasteiger partial charge in [0.05, 0.1) is 23.3 Å². The third-order valence-electron chi connectivity index (χ3n) is 5.04. The Morgan fingerprint density at radius 2 is 1.84 bits per heavy atom. The molecule has 0 spiro atoms. The summed E-state index contributed by atoms with van der Waals surface area (Å²) in [6, 6.07) is 7.22. The van der Waals surface area contributed by atoms with Gasteiger partial charge in [0, 0.05) is 46.4 Å². The van der Waals surface area contributed by atoms with Crippen LogP contribution in [-0.4, -0.2) is 83.6 Å². The van der Waals surface area contributed by atoms with E-state index in [-0.39, 0.29) is 23.3 Å². The van der Waals surface area contributed by atoms with Crippen LogP contribution in [0, 0.1) is 0 Å². The molecule has 0 saturated carbocycles. The van der Waals surface area contributed by atoms with E-state index in [4.69, 9.17) is 9.47 Å². The molecule has 1 aliphatic heterocycles. The molecule has 0 radical (unpaired) electrons. The lowest BCUT2D eigenvalue weighted by Crippen LogP contribution is -2.51. The summed E-state index contributed by atoms with van der Waals surface area (Å²) < 4.78 is 11.7. The smallest absolute Gasteiger partial charge is 0.409 e. The van der Waals surface area contributed by atoms with Gasteiger partial charge in [-0.15, -0.1) is 0 Å². The molecule has 168 valence electrons. The first-order chi connectivity index (χ1) is 15.0. The van der Waals surface area contributed by atoms with Gasteiger partial charge in [-0.25, -0.2) is 9.78 Å². The number of methoxy groups -OCH3 is 1. The van der Waals surface area contributed by atoms with E-state index in [1.807, 2.05) is 12.1 Å². The van der Waals surface area contributed by atoms with Crippen LogP contribution in [0.4, 0.5) is 4.79 Å². The number of carbonyl (C=O) groups is 2. The zero-order valence-corrected chi connectivity index (χ0v) is 18.7. The third kappa shape index (κ3) is 5.76. The van der Waals surface area contributed by atoms with Crippen LogP contribution in [0.2, 0.25) is 0 Å². The number of amides is 2. The Morgan fingerprint density at radius 3 is 2.55 bits per heavy atom. The lowest BCUT2D eigenvalue weighted by atomic mass is 10.2. The summed E-state index contributed by atoms with van der Waals surface area (Å²) in [5, 5.41) is 1.09.